The Morgan fingerprint density at radius 2 is 2.18 bits per heavy atom. The minimum Gasteiger partial charge on any atom is -0.394 e. The first-order chi connectivity index (χ1) is 10.5. The smallest absolute Gasteiger partial charge is 0.271 e. The van der Waals surface area contributed by atoms with E-state index in [1.54, 1.807) is 19.2 Å². The summed E-state index contributed by atoms with van der Waals surface area (Å²) in [5.41, 5.74) is 1.63. The predicted molar refractivity (Wildman–Crippen MR) is 88.0 cm³/mol. The van der Waals surface area contributed by atoms with Crippen molar-refractivity contribution in [3.63, 3.8) is 0 Å². The van der Waals surface area contributed by atoms with E-state index in [1.807, 2.05) is 30.3 Å². The summed E-state index contributed by atoms with van der Waals surface area (Å²) in [6.07, 6.45) is 0. The van der Waals surface area contributed by atoms with Gasteiger partial charge in [0.15, 0.2) is 0 Å². The number of carbonyl (C=O) groups excluding carboxylic acids is 1. The van der Waals surface area contributed by atoms with E-state index in [0.717, 1.165) is 21.6 Å². The summed E-state index contributed by atoms with van der Waals surface area (Å²) in [5, 5.41) is 15.6. The third kappa shape index (κ3) is 2.88. The van der Waals surface area contributed by atoms with Crippen LogP contribution in [0.3, 0.4) is 0 Å². The molecule has 6 heteroatoms. The SMILES string of the molecule is CC(C)(CO)NC(=O)c1csc(-c2cc3ccccc3[nH]2)n1. The molecule has 2 heterocycles. The van der Waals surface area contributed by atoms with E-state index in [2.05, 4.69) is 15.3 Å². The molecule has 0 atom stereocenters. The monoisotopic (exact) mass is 315 g/mol. The van der Waals surface area contributed by atoms with Crippen molar-refractivity contribution in [3.8, 4) is 10.7 Å². The maximum absolute atomic E-state index is 12.1. The molecule has 0 aliphatic heterocycles. The number of nitrogens with zero attached hydrogens (tertiary/aromatic N) is 1. The number of aromatic nitrogens is 2. The second kappa shape index (κ2) is 5.55. The number of H-pyrrole nitrogens is 1. The molecule has 3 aromatic rings. The van der Waals surface area contributed by atoms with Gasteiger partial charge >= 0.3 is 0 Å². The molecule has 0 saturated carbocycles. The van der Waals surface area contributed by atoms with E-state index in [0.29, 0.717) is 5.69 Å². The minimum absolute atomic E-state index is 0.127. The lowest BCUT2D eigenvalue weighted by Gasteiger charge is -2.22. The lowest BCUT2D eigenvalue weighted by molar-refractivity contribution is 0.0865. The number of benzene rings is 1. The number of thiazole rings is 1. The Morgan fingerprint density at radius 3 is 2.91 bits per heavy atom. The Kier molecular flexibility index (Phi) is 3.72. The highest BCUT2D eigenvalue weighted by molar-refractivity contribution is 7.13. The molecular formula is C16H17N3O2S. The fourth-order valence-corrected chi connectivity index (χ4v) is 2.87. The fourth-order valence-electron chi connectivity index (χ4n) is 2.10. The maximum Gasteiger partial charge on any atom is 0.271 e. The number of para-hydroxylation sites is 1. The van der Waals surface area contributed by atoms with Crippen LogP contribution in [0.1, 0.15) is 24.3 Å². The molecule has 2 aromatic heterocycles. The zero-order chi connectivity index (χ0) is 15.7. The van der Waals surface area contributed by atoms with Crippen LogP contribution in [-0.4, -0.2) is 33.1 Å². The Balaban J connectivity index is 1.85. The molecule has 1 aromatic carbocycles. The molecule has 0 unspecified atom stereocenters. The van der Waals surface area contributed by atoms with Crippen LogP contribution in [0.5, 0.6) is 0 Å². The van der Waals surface area contributed by atoms with Gasteiger partial charge in [-0.3, -0.25) is 4.79 Å². The second-order valence-electron chi connectivity index (χ2n) is 5.80. The number of hydrogen-bond donors (Lipinski definition) is 3. The quantitative estimate of drug-likeness (QED) is 0.693. The topological polar surface area (TPSA) is 78.0 Å². The number of aromatic amines is 1. The molecule has 22 heavy (non-hydrogen) atoms. The molecule has 0 radical (unpaired) electrons. The molecule has 3 rings (SSSR count). The standard InChI is InChI=1S/C16H17N3O2S/c1-16(2,9-20)19-14(21)13-8-22-15(18-13)12-7-10-5-3-4-6-11(10)17-12/h3-8,17,20H,9H2,1-2H3,(H,19,21). The molecule has 0 fully saturated rings. The van der Waals surface area contributed by atoms with Crippen LogP contribution < -0.4 is 5.32 Å². The summed E-state index contributed by atoms with van der Waals surface area (Å²) in [6.45, 7) is 3.39. The number of amides is 1. The zero-order valence-corrected chi connectivity index (χ0v) is 13.2. The lowest BCUT2D eigenvalue weighted by atomic mass is 10.1. The summed E-state index contributed by atoms with van der Waals surface area (Å²) in [6, 6.07) is 10.0. The first-order valence-electron chi connectivity index (χ1n) is 6.95. The van der Waals surface area contributed by atoms with Gasteiger partial charge in [0.1, 0.15) is 10.7 Å². The number of carbonyl (C=O) groups is 1. The molecule has 0 saturated heterocycles. The Hall–Kier alpha value is -2.18. The van der Waals surface area contributed by atoms with Crippen LogP contribution in [0.25, 0.3) is 21.6 Å². The first kappa shape index (κ1) is 14.7. The highest BCUT2D eigenvalue weighted by atomic mass is 32.1. The first-order valence-corrected chi connectivity index (χ1v) is 7.83. The normalized spacial score (nSPS) is 11.8. The third-order valence-corrected chi connectivity index (χ3v) is 4.22. The molecule has 5 nitrogen and oxygen atoms in total. The minimum atomic E-state index is -0.665. The summed E-state index contributed by atoms with van der Waals surface area (Å²) in [7, 11) is 0. The van der Waals surface area contributed by atoms with Crippen molar-refractivity contribution in [1.82, 2.24) is 15.3 Å². The van der Waals surface area contributed by atoms with Crippen molar-refractivity contribution in [3.05, 3.63) is 41.4 Å². The van der Waals surface area contributed by atoms with Crippen molar-refractivity contribution in [2.75, 3.05) is 6.61 Å². The Bertz CT molecular complexity index is 787. The molecule has 114 valence electrons. The van der Waals surface area contributed by atoms with E-state index in [1.165, 1.54) is 11.3 Å². The summed E-state index contributed by atoms with van der Waals surface area (Å²) in [5.74, 6) is -0.280. The van der Waals surface area contributed by atoms with E-state index in [4.69, 9.17) is 0 Å². The van der Waals surface area contributed by atoms with Crippen LogP contribution in [0.4, 0.5) is 0 Å². The van der Waals surface area contributed by atoms with Gasteiger partial charge in [-0.1, -0.05) is 18.2 Å². The van der Waals surface area contributed by atoms with Gasteiger partial charge in [-0.25, -0.2) is 4.98 Å². The van der Waals surface area contributed by atoms with E-state index >= 15 is 0 Å². The van der Waals surface area contributed by atoms with E-state index < -0.39 is 5.54 Å². The molecule has 0 aliphatic rings. The van der Waals surface area contributed by atoms with Gasteiger partial charge in [0.05, 0.1) is 17.8 Å². The van der Waals surface area contributed by atoms with Crippen LogP contribution in [0, 0.1) is 0 Å². The number of rotatable bonds is 4. The highest BCUT2D eigenvalue weighted by Crippen LogP contribution is 2.26. The maximum atomic E-state index is 12.1. The Labute approximate surface area is 132 Å². The molecule has 3 N–H and O–H groups in total. The molecule has 1 amide bonds. The lowest BCUT2D eigenvalue weighted by Crippen LogP contribution is -2.46. The summed E-state index contributed by atoms with van der Waals surface area (Å²) < 4.78 is 0. The van der Waals surface area contributed by atoms with Crippen LogP contribution in [-0.2, 0) is 0 Å². The van der Waals surface area contributed by atoms with Gasteiger partial charge in [-0.15, -0.1) is 11.3 Å². The van der Waals surface area contributed by atoms with Crippen LogP contribution in [0.15, 0.2) is 35.7 Å². The average molecular weight is 315 g/mol. The van der Waals surface area contributed by atoms with Gasteiger partial charge < -0.3 is 15.4 Å². The molecule has 0 spiro atoms. The van der Waals surface area contributed by atoms with Crippen molar-refractivity contribution in [1.29, 1.82) is 0 Å². The Morgan fingerprint density at radius 1 is 1.41 bits per heavy atom. The summed E-state index contributed by atoms with van der Waals surface area (Å²) in [4.78, 5) is 19.8. The molecule has 0 bridgehead atoms. The molecular weight excluding hydrogens is 298 g/mol. The highest BCUT2D eigenvalue weighted by Gasteiger charge is 2.22. The van der Waals surface area contributed by atoms with E-state index in [9.17, 15) is 9.90 Å². The largest absolute Gasteiger partial charge is 0.394 e. The zero-order valence-electron chi connectivity index (χ0n) is 12.4. The number of fused-ring (bicyclic) bond motifs is 1. The van der Waals surface area contributed by atoms with Gasteiger partial charge in [0.25, 0.3) is 5.91 Å². The average Bonchev–Trinajstić information content (AvgIpc) is 3.13. The van der Waals surface area contributed by atoms with Crippen molar-refractivity contribution in [2.24, 2.45) is 0 Å². The van der Waals surface area contributed by atoms with Crippen LogP contribution >= 0.6 is 11.3 Å². The number of aliphatic hydroxyl groups excluding tert-OH is 1. The number of hydrogen-bond acceptors (Lipinski definition) is 4. The van der Waals surface area contributed by atoms with Crippen molar-refractivity contribution in [2.45, 2.75) is 19.4 Å². The second-order valence-corrected chi connectivity index (χ2v) is 6.66. The predicted octanol–water partition coefficient (Wildman–Crippen LogP) is 2.79. The number of aliphatic hydroxyl groups is 1. The van der Waals surface area contributed by atoms with Gasteiger partial charge in [-0.05, 0) is 26.0 Å². The van der Waals surface area contributed by atoms with Crippen molar-refractivity contribution < 1.29 is 9.90 Å². The fraction of sp³-hybridized carbons (Fsp3) is 0.250. The number of nitrogens with one attached hydrogen (secondary N) is 2. The van der Waals surface area contributed by atoms with Crippen molar-refractivity contribution >= 4 is 28.1 Å². The third-order valence-electron chi connectivity index (χ3n) is 3.34. The van der Waals surface area contributed by atoms with E-state index in [-0.39, 0.29) is 12.5 Å². The summed E-state index contributed by atoms with van der Waals surface area (Å²) >= 11 is 1.41. The van der Waals surface area contributed by atoms with Gasteiger partial charge in [-0.2, -0.15) is 0 Å². The van der Waals surface area contributed by atoms with Gasteiger partial charge in [0.2, 0.25) is 0 Å². The molecule has 0 aliphatic carbocycles. The van der Waals surface area contributed by atoms with Crippen LogP contribution in [0.2, 0.25) is 0 Å². The van der Waals surface area contributed by atoms with Gasteiger partial charge in [0, 0.05) is 16.3 Å².